The number of amidine groups is 2. The van der Waals surface area contributed by atoms with Crippen LogP contribution in [0.1, 0.15) is 11.1 Å². The van der Waals surface area contributed by atoms with E-state index in [2.05, 4.69) is 61.7 Å². The molecule has 0 unspecified atom stereocenters. The highest BCUT2D eigenvalue weighted by atomic mass is 32.2. The van der Waals surface area contributed by atoms with Crippen LogP contribution in [0.4, 0.5) is 10.3 Å². The summed E-state index contributed by atoms with van der Waals surface area (Å²) in [7, 11) is 0. The lowest BCUT2D eigenvalue weighted by Gasteiger charge is -2.05. The molecule has 0 fully saturated rings. The van der Waals surface area contributed by atoms with E-state index in [1.54, 1.807) is 0 Å². The number of thiazole rings is 2. The fourth-order valence-electron chi connectivity index (χ4n) is 4.54. The van der Waals surface area contributed by atoms with Crippen molar-refractivity contribution in [2.45, 2.75) is 8.68 Å². The van der Waals surface area contributed by atoms with E-state index in [0.717, 1.165) is 67.4 Å². The van der Waals surface area contributed by atoms with Crippen LogP contribution >= 0.6 is 57.5 Å². The summed E-state index contributed by atoms with van der Waals surface area (Å²) < 4.78 is 2.69. The second-order valence-corrected chi connectivity index (χ2v) is 16.5. The van der Waals surface area contributed by atoms with E-state index >= 15 is 0 Å². The summed E-state index contributed by atoms with van der Waals surface area (Å²) in [5.74, 6) is -2.55. The average molecular weight is 857 g/mol. The number of para-hydroxylation sites is 2. The molecule has 7 rings (SSSR count). The Morgan fingerprint density at radius 1 is 0.596 bits per heavy atom. The number of nitrogens with one attached hydrogen (secondary N) is 2. The van der Waals surface area contributed by atoms with Gasteiger partial charge in [0, 0.05) is 12.1 Å². The van der Waals surface area contributed by atoms with E-state index in [4.69, 9.17) is 0 Å². The maximum absolute atomic E-state index is 12.8. The highest BCUT2D eigenvalue weighted by Gasteiger charge is 2.16. The number of hydrogen-bond donors (Lipinski definition) is 6. The van der Waals surface area contributed by atoms with Crippen molar-refractivity contribution < 1.29 is 30.0 Å². The van der Waals surface area contributed by atoms with Gasteiger partial charge >= 0.3 is 0 Å². The Morgan fingerprint density at radius 2 is 1.04 bits per heavy atom. The average Bonchev–Trinajstić information content (AvgIpc) is 3.95. The number of phenolic OH excluding ortho intramolecular Hbond substituents is 4. The van der Waals surface area contributed by atoms with Crippen molar-refractivity contribution in [3.8, 4) is 23.0 Å². The molecule has 0 saturated carbocycles. The predicted octanol–water partition coefficient (Wildman–Crippen LogP) is 7.29. The SMILES string of the molecule is O=C(CSc1nnc(SCC(=O)N/N=C(/N=Nc2nc3ccccc3s2)c2ccc(O)cc2O)s1)N/N=C(\N=Nc1nc2ccccc2s1)c1ccc(O)cc1O. The molecule has 0 bridgehead atoms. The number of fused-ring (bicyclic) bond motifs is 2. The quantitative estimate of drug-likeness (QED) is 0.0233. The summed E-state index contributed by atoms with van der Waals surface area (Å²) in [5.41, 5.74) is 6.47. The van der Waals surface area contributed by atoms with Gasteiger partial charge in [0.1, 0.15) is 23.0 Å². The standard InChI is InChI=1S/C34H24N12O6S5/c47-17-9-11-19(23(49)13-17)29(41-43-31-35-21-5-1-3-7-25(21)55-31)39-37-27(51)15-53-33-45-46-34(57-33)54-16-28(52)38-40-30(20-12-10-18(48)14-24(20)50)42-44-32-36-22-6-2-4-8-26(22)56-32/h1-14,47-50H,15-16H2,(H,37,51)(H,38,52)/b39-29-,40-30+,43-41?,44-42?. The van der Waals surface area contributed by atoms with Crippen molar-refractivity contribution in [1.29, 1.82) is 0 Å². The predicted molar refractivity (Wildman–Crippen MR) is 219 cm³/mol. The molecule has 0 aliphatic rings. The van der Waals surface area contributed by atoms with Crippen molar-refractivity contribution in [2.75, 3.05) is 11.5 Å². The van der Waals surface area contributed by atoms with E-state index in [9.17, 15) is 30.0 Å². The van der Waals surface area contributed by atoms with Gasteiger partial charge in [0.2, 0.25) is 21.9 Å². The lowest BCUT2D eigenvalue weighted by Crippen LogP contribution is -2.21. The van der Waals surface area contributed by atoms with Crippen LogP contribution < -0.4 is 10.9 Å². The van der Waals surface area contributed by atoms with Gasteiger partial charge in [-0.15, -0.1) is 30.7 Å². The second kappa shape index (κ2) is 18.0. The molecule has 57 heavy (non-hydrogen) atoms. The summed E-state index contributed by atoms with van der Waals surface area (Å²) in [6.07, 6.45) is 0. The molecule has 6 N–H and O–H groups in total. The second-order valence-electron chi connectivity index (χ2n) is 11.1. The zero-order valence-corrected chi connectivity index (χ0v) is 32.7. The summed E-state index contributed by atoms with van der Waals surface area (Å²) in [6.45, 7) is 0. The van der Waals surface area contributed by atoms with Gasteiger partial charge in [0.25, 0.3) is 11.8 Å². The number of amides is 2. The molecule has 0 atom stereocenters. The van der Waals surface area contributed by atoms with Crippen LogP contribution in [-0.2, 0) is 9.59 Å². The topological polar surface area (TPSA) is 265 Å². The van der Waals surface area contributed by atoms with Crippen molar-refractivity contribution >= 4 is 112 Å². The number of hydrogen-bond acceptors (Lipinski definition) is 19. The zero-order chi connectivity index (χ0) is 39.7. The Balaban J connectivity index is 0.947. The fourth-order valence-corrected chi connectivity index (χ4v) is 8.72. The molecule has 3 aromatic heterocycles. The largest absolute Gasteiger partial charge is 0.508 e. The minimum atomic E-state index is -0.525. The number of azo groups is 2. The van der Waals surface area contributed by atoms with Crippen molar-refractivity contribution in [3.63, 3.8) is 0 Å². The van der Waals surface area contributed by atoms with Gasteiger partial charge in [0.15, 0.2) is 8.68 Å². The maximum atomic E-state index is 12.8. The van der Waals surface area contributed by atoms with Crippen LogP contribution in [0.2, 0.25) is 0 Å². The molecule has 0 aliphatic carbocycles. The number of nitrogens with zero attached hydrogens (tertiary/aromatic N) is 10. The smallest absolute Gasteiger partial charge is 0.250 e. The number of hydrazone groups is 2. The summed E-state index contributed by atoms with van der Waals surface area (Å²) >= 11 is 5.92. The number of benzene rings is 4. The first kappa shape index (κ1) is 38.9. The van der Waals surface area contributed by atoms with Gasteiger partial charge in [0.05, 0.1) is 43.1 Å². The maximum Gasteiger partial charge on any atom is 0.250 e. The van der Waals surface area contributed by atoms with E-state index in [0.29, 0.717) is 18.9 Å². The third-order valence-corrected chi connectivity index (χ3v) is 12.1. The molecular weight excluding hydrogens is 833 g/mol. The fraction of sp³-hybridized carbons (Fsp3) is 0.0588. The highest BCUT2D eigenvalue weighted by Crippen LogP contribution is 2.32. The number of thioether (sulfide) groups is 2. The molecule has 3 heterocycles. The lowest BCUT2D eigenvalue weighted by molar-refractivity contribution is -0.119. The van der Waals surface area contributed by atoms with Gasteiger partial charge in [-0.1, -0.05) is 81.8 Å². The minimum absolute atomic E-state index is 0.106. The van der Waals surface area contributed by atoms with Crippen LogP contribution in [0.5, 0.6) is 23.0 Å². The lowest BCUT2D eigenvalue weighted by atomic mass is 10.2. The number of carbonyl (C=O) groups excluding carboxylic acids is 2. The number of carbonyl (C=O) groups is 2. The summed E-state index contributed by atoms with van der Waals surface area (Å²) in [6, 6.07) is 22.5. The van der Waals surface area contributed by atoms with Gasteiger partial charge < -0.3 is 20.4 Å². The Hall–Kier alpha value is -6.40. The zero-order valence-electron chi connectivity index (χ0n) is 28.6. The molecule has 4 aromatic carbocycles. The molecule has 18 nitrogen and oxygen atoms in total. The third kappa shape index (κ3) is 10.3. The van der Waals surface area contributed by atoms with Crippen LogP contribution in [0.3, 0.4) is 0 Å². The number of aromatic nitrogens is 4. The molecule has 286 valence electrons. The molecule has 0 saturated heterocycles. The molecule has 0 spiro atoms. The molecule has 2 amide bonds. The first-order valence-electron chi connectivity index (χ1n) is 16.1. The number of aromatic hydroxyl groups is 4. The normalized spacial score (nSPS) is 12.3. The molecule has 7 aromatic rings. The van der Waals surface area contributed by atoms with E-state index in [-0.39, 0.29) is 57.3 Å². The number of phenols is 4. The van der Waals surface area contributed by atoms with Crippen LogP contribution in [0, 0.1) is 0 Å². The monoisotopic (exact) mass is 856 g/mol. The van der Waals surface area contributed by atoms with Crippen LogP contribution in [-0.4, -0.2) is 75.6 Å². The van der Waals surface area contributed by atoms with Gasteiger partial charge in [-0.2, -0.15) is 10.2 Å². The van der Waals surface area contributed by atoms with Crippen LogP contribution in [0.25, 0.3) is 20.4 Å². The van der Waals surface area contributed by atoms with E-state index < -0.39 is 11.8 Å². The van der Waals surface area contributed by atoms with E-state index in [1.165, 1.54) is 46.9 Å². The molecular formula is C34H24N12O6S5. The van der Waals surface area contributed by atoms with Crippen molar-refractivity contribution in [1.82, 2.24) is 31.0 Å². The summed E-state index contributed by atoms with van der Waals surface area (Å²) in [4.78, 5) is 34.3. The first-order valence-corrected chi connectivity index (χ1v) is 20.5. The van der Waals surface area contributed by atoms with Crippen LogP contribution in [0.15, 0.2) is 124 Å². The Morgan fingerprint density at radius 3 is 1.46 bits per heavy atom. The van der Waals surface area contributed by atoms with Crippen molar-refractivity contribution in [2.24, 2.45) is 30.7 Å². The van der Waals surface area contributed by atoms with Gasteiger partial charge in [-0.05, 0) is 48.5 Å². The van der Waals surface area contributed by atoms with Crippen molar-refractivity contribution in [3.05, 3.63) is 96.1 Å². The molecule has 0 radical (unpaired) electrons. The Kier molecular flexibility index (Phi) is 12.3. The molecule has 23 heteroatoms. The summed E-state index contributed by atoms with van der Waals surface area (Å²) in [5, 5.41) is 73.8. The Bertz CT molecular complexity index is 2480. The van der Waals surface area contributed by atoms with E-state index in [1.807, 2.05) is 48.5 Å². The Labute approximate surface area is 340 Å². The van der Waals surface area contributed by atoms with Gasteiger partial charge in [-0.25, -0.2) is 20.8 Å². The third-order valence-electron chi connectivity index (χ3n) is 7.08. The number of rotatable bonds is 12. The molecule has 0 aliphatic heterocycles. The van der Waals surface area contributed by atoms with Gasteiger partial charge in [-0.3, -0.25) is 9.59 Å². The first-order chi connectivity index (χ1) is 27.7. The minimum Gasteiger partial charge on any atom is -0.508 e. The highest BCUT2D eigenvalue weighted by molar-refractivity contribution is 8.03.